The minimum Gasteiger partial charge on any atom is -0.476 e. The summed E-state index contributed by atoms with van der Waals surface area (Å²) in [5.74, 6) is 0.00740. The minimum absolute atomic E-state index is 0.111. The van der Waals surface area contributed by atoms with Gasteiger partial charge < -0.3 is 10.1 Å². The third-order valence-electron chi connectivity index (χ3n) is 5.23. The Hall–Kier alpha value is -3.03. The number of carbonyl (C=O) groups excluding carboxylic acids is 1. The number of halogens is 1. The zero-order valence-corrected chi connectivity index (χ0v) is 19.1. The average Bonchev–Trinajstić information content (AvgIpc) is 2.80. The largest absolute Gasteiger partial charge is 0.476 e. The van der Waals surface area contributed by atoms with Gasteiger partial charge in [0.15, 0.2) is 6.10 Å². The first-order valence-corrected chi connectivity index (χ1v) is 12.0. The molecule has 0 aromatic heterocycles. The fourth-order valence-corrected chi connectivity index (χ4v) is 5.16. The molecule has 166 valence electrons. The van der Waals surface area contributed by atoms with E-state index in [-0.39, 0.29) is 17.3 Å². The van der Waals surface area contributed by atoms with Crippen molar-refractivity contribution in [2.75, 3.05) is 17.4 Å². The Morgan fingerprint density at radius 2 is 1.81 bits per heavy atom. The normalized spacial score (nSPS) is 15.6. The van der Waals surface area contributed by atoms with E-state index in [2.05, 4.69) is 5.32 Å². The highest BCUT2D eigenvalue weighted by molar-refractivity contribution is 7.92. The van der Waals surface area contributed by atoms with Crippen LogP contribution in [0.5, 0.6) is 5.75 Å². The summed E-state index contributed by atoms with van der Waals surface area (Å²) in [5.41, 5.74) is 2.36. The second-order valence-electron chi connectivity index (χ2n) is 7.59. The minimum atomic E-state index is -3.86. The molecule has 0 saturated carbocycles. The highest BCUT2D eigenvalue weighted by Gasteiger charge is 2.37. The molecule has 3 aromatic rings. The molecule has 0 radical (unpaired) electrons. The van der Waals surface area contributed by atoms with E-state index in [0.29, 0.717) is 29.4 Å². The average molecular weight is 471 g/mol. The summed E-state index contributed by atoms with van der Waals surface area (Å²) in [5, 5.41) is 3.51. The number of carbonyl (C=O) groups is 1. The van der Waals surface area contributed by atoms with E-state index in [9.17, 15) is 13.2 Å². The van der Waals surface area contributed by atoms with E-state index in [1.807, 2.05) is 25.1 Å². The number of amides is 1. The van der Waals surface area contributed by atoms with Crippen molar-refractivity contribution >= 4 is 33.2 Å². The standard InChI is InChI=1S/C24H23ClN2O4S/c1-17-7-12-21-22(15-17)31-23(16-27(21)32(29,30)20-5-3-2-4-6-20)24(28)26-14-13-18-8-10-19(25)11-9-18/h2-12,15,23H,13-14,16H2,1H3,(H,26,28)/t23-/m1/s1. The first-order valence-electron chi connectivity index (χ1n) is 10.2. The lowest BCUT2D eigenvalue weighted by molar-refractivity contribution is -0.127. The predicted molar refractivity (Wildman–Crippen MR) is 125 cm³/mol. The van der Waals surface area contributed by atoms with E-state index >= 15 is 0 Å². The summed E-state index contributed by atoms with van der Waals surface area (Å²) in [6.45, 7) is 2.17. The van der Waals surface area contributed by atoms with Gasteiger partial charge in [-0.3, -0.25) is 9.10 Å². The van der Waals surface area contributed by atoms with Gasteiger partial charge in [0.25, 0.3) is 15.9 Å². The maximum Gasteiger partial charge on any atom is 0.264 e. The molecular formula is C24H23ClN2O4S. The first-order chi connectivity index (χ1) is 15.3. The predicted octanol–water partition coefficient (Wildman–Crippen LogP) is 3.96. The molecule has 6 nitrogen and oxygen atoms in total. The van der Waals surface area contributed by atoms with Crippen LogP contribution in [-0.2, 0) is 21.2 Å². The van der Waals surface area contributed by atoms with Crippen molar-refractivity contribution in [1.82, 2.24) is 5.32 Å². The van der Waals surface area contributed by atoms with Crippen LogP contribution in [0.2, 0.25) is 5.02 Å². The second-order valence-corrected chi connectivity index (χ2v) is 9.89. The molecule has 8 heteroatoms. The highest BCUT2D eigenvalue weighted by atomic mass is 35.5. The second kappa shape index (κ2) is 9.22. The molecular weight excluding hydrogens is 448 g/mol. The molecule has 1 aliphatic rings. The van der Waals surface area contributed by atoms with Crippen LogP contribution in [0.3, 0.4) is 0 Å². The summed E-state index contributed by atoms with van der Waals surface area (Å²) in [7, 11) is -3.86. The third kappa shape index (κ3) is 4.74. The first kappa shape index (κ1) is 22.2. The van der Waals surface area contributed by atoms with Crippen molar-refractivity contribution in [2.24, 2.45) is 0 Å². The number of fused-ring (bicyclic) bond motifs is 1. The van der Waals surface area contributed by atoms with Crippen LogP contribution < -0.4 is 14.4 Å². The van der Waals surface area contributed by atoms with Gasteiger partial charge in [0.1, 0.15) is 5.75 Å². The number of benzene rings is 3. The molecule has 1 aliphatic heterocycles. The van der Waals surface area contributed by atoms with E-state index in [4.69, 9.17) is 16.3 Å². The number of hydrogen-bond acceptors (Lipinski definition) is 4. The number of sulfonamides is 1. The summed E-state index contributed by atoms with van der Waals surface area (Å²) in [6.07, 6.45) is -0.342. The van der Waals surface area contributed by atoms with Crippen LogP contribution in [-0.4, -0.2) is 33.5 Å². The topological polar surface area (TPSA) is 75.7 Å². The van der Waals surface area contributed by atoms with E-state index in [0.717, 1.165) is 11.1 Å². The van der Waals surface area contributed by atoms with Gasteiger partial charge in [-0.15, -0.1) is 0 Å². The van der Waals surface area contributed by atoms with Crippen LogP contribution in [0.25, 0.3) is 0 Å². The van der Waals surface area contributed by atoms with Crippen LogP contribution in [0.15, 0.2) is 77.7 Å². The quantitative estimate of drug-likeness (QED) is 0.591. The Bertz CT molecular complexity index is 1210. The molecule has 3 aromatic carbocycles. The monoisotopic (exact) mass is 470 g/mol. The van der Waals surface area contributed by atoms with E-state index < -0.39 is 16.1 Å². The van der Waals surface area contributed by atoms with Crippen molar-refractivity contribution in [3.8, 4) is 5.75 Å². The molecule has 0 bridgehead atoms. The molecule has 0 spiro atoms. The zero-order chi connectivity index (χ0) is 22.7. The van der Waals surface area contributed by atoms with E-state index in [1.165, 1.54) is 4.31 Å². The van der Waals surface area contributed by atoms with Crippen molar-refractivity contribution in [2.45, 2.75) is 24.3 Å². The Morgan fingerprint density at radius 1 is 1.09 bits per heavy atom. The zero-order valence-electron chi connectivity index (χ0n) is 17.5. The number of nitrogens with zero attached hydrogens (tertiary/aromatic N) is 1. The lowest BCUT2D eigenvalue weighted by Gasteiger charge is -2.35. The summed E-state index contributed by atoms with van der Waals surface area (Å²) < 4.78 is 33.9. The molecule has 1 heterocycles. The molecule has 0 saturated heterocycles. The number of nitrogens with one attached hydrogen (secondary N) is 1. The highest BCUT2D eigenvalue weighted by Crippen LogP contribution is 2.37. The number of hydrogen-bond donors (Lipinski definition) is 1. The maximum absolute atomic E-state index is 13.4. The lowest BCUT2D eigenvalue weighted by Crippen LogP contribution is -2.51. The smallest absolute Gasteiger partial charge is 0.264 e. The van der Waals surface area contributed by atoms with E-state index in [1.54, 1.807) is 54.6 Å². The van der Waals surface area contributed by atoms with Gasteiger partial charge in [-0.1, -0.05) is 48.0 Å². The van der Waals surface area contributed by atoms with Gasteiger partial charge in [-0.05, 0) is 60.9 Å². The molecule has 1 N–H and O–H groups in total. The molecule has 1 amide bonds. The van der Waals surface area contributed by atoms with Crippen LogP contribution in [0, 0.1) is 6.92 Å². The number of anilines is 1. The van der Waals surface area contributed by atoms with Gasteiger partial charge in [0, 0.05) is 11.6 Å². The number of rotatable bonds is 6. The van der Waals surface area contributed by atoms with Gasteiger partial charge in [-0.2, -0.15) is 0 Å². The van der Waals surface area contributed by atoms with Crippen molar-refractivity contribution in [3.63, 3.8) is 0 Å². The van der Waals surface area contributed by atoms with Gasteiger partial charge in [-0.25, -0.2) is 8.42 Å². The summed E-state index contributed by atoms with van der Waals surface area (Å²) in [6, 6.07) is 20.9. The fourth-order valence-electron chi connectivity index (χ4n) is 3.54. The number of ether oxygens (including phenoxy) is 1. The molecule has 0 fully saturated rings. The Morgan fingerprint density at radius 3 is 2.53 bits per heavy atom. The van der Waals surface area contributed by atoms with Crippen LogP contribution in [0.1, 0.15) is 11.1 Å². The number of aryl methyl sites for hydroxylation is 1. The lowest BCUT2D eigenvalue weighted by atomic mass is 10.1. The Balaban J connectivity index is 1.54. The third-order valence-corrected chi connectivity index (χ3v) is 7.28. The van der Waals surface area contributed by atoms with Crippen molar-refractivity contribution in [3.05, 3.63) is 88.9 Å². The molecule has 0 unspecified atom stereocenters. The van der Waals surface area contributed by atoms with Crippen molar-refractivity contribution < 1.29 is 17.9 Å². The van der Waals surface area contributed by atoms with Crippen LogP contribution in [0.4, 0.5) is 5.69 Å². The Labute approximate surface area is 192 Å². The Kier molecular flexibility index (Phi) is 6.39. The maximum atomic E-state index is 13.4. The van der Waals surface area contributed by atoms with Gasteiger partial charge in [0.2, 0.25) is 0 Å². The van der Waals surface area contributed by atoms with Gasteiger partial charge >= 0.3 is 0 Å². The molecule has 32 heavy (non-hydrogen) atoms. The summed E-state index contributed by atoms with van der Waals surface area (Å²) >= 11 is 5.90. The molecule has 0 aliphatic carbocycles. The molecule has 1 atom stereocenters. The fraction of sp³-hybridized carbons (Fsp3) is 0.208. The van der Waals surface area contributed by atoms with Crippen LogP contribution >= 0.6 is 11.6 Å². The molecule has 4 rings (SSSR count). The SMILES string of the molecule is Cc1ccc2c(c1)O[C@@H](C(=O)NCCc1ccc(Cl)cc1)CN2S(=O)(=O)c1ccccc1. The summed E-state index contributed by atoms with van der Waals surface area (Å²) in [4.78, 5) is 13.0. The van der Waals surface area contributed by atoms with Gasteiger partial charge in [0.05, 0.1) is 17.1 Å². The van der Waals surface area contributed by atoms with Crippen molar-refractivity contribution in [1.29, 1.82) is 0 Å².